The molecular weight excluding hydrogens is 626 g/mol. The predicted molar refractivity (Wildman–Crippen MR) is 172 cm³/mol. The Morgan fingerprint density at radius 3 is 1.93 bits per heavy atom. The number of ether oxygens (including phenoxy) is 2. The molecule has 1 heterocycles. The molecule has 1 fully saturated rings. The summed E-state index contributed by atoms with van der Waals surface area (Å²) in [5.74, 6) is -1.31. The zero-order valence-corrected chi connectivity index (χ0v) is 25.5. The van der Waals surface area contributed by atoms with Crippen molar-refractivity contribution < 1.29 is 28.7 Å². The van der Waals surface area contributed by atoms with Gasteiger partial charge >= 0.3 is 6.03 Å². The molecule has 1 aliphatic rings. The first-order valence-electron chi connectivity index (χ1n) is 13.8. The van der Waals surface area contributed by atoms with Gasteiger partial charge in [0, 0.05) is 5.69 Å². The van der Waals surface area contributed by atoms with Crippen LogP contribution in [0.5, 0.6) is 11.5 Å². The molecule has 4 aromatic carbocycles. The molecule has 9 nitrogen and oxygen atoms in total. The molecule has 5 amide bonds. The van der Waals surface area contributed by atoms with E-state index in [9.17, 15) is 19.2 Å². The number of barbiturate groups is 1. The van der Waals surface area contributed by atoms with Crippen molar-refractivity contribution in [3.8, 4) is 11.5 Å². The lowest BCUT2D eigenvalue weighted by Crippen LogP contribution is -2.57. The molecule has 44 heavy (non-hydrogen) atoms. The van der Waals surface area contributed by atoms with E-state index in [2.05, 4.69) is 21.2 Å². The first-order chi connectivity index (χ1) is 21.3. The molecule has 0 aromatic heterocycles. The third-order valence-electron chi connectivity index (χ3n) is 6.60. The van der Waals surface area contributed by atoms with Crippen LogP contribution in [0, 0.1) is 6.92 Å². The van der Waals surface area contributed by atoms with Crippen molar-refractivity contribution in [1.29, 1.82) is 0 Å². The number of aryl methyl sites for hydroxylation is 1. The predicted octanol–water partition coefficient (Wildman–Crippen LogP) is 6.76. The summed E-state index contributed by atoms with van der Waals surface area (Å²) < 4.78 is 12.1. The zero-order chi connectivity index (χ0) is 31.2. The summed E-state index contributed by atoms with van der Waals surface area (Å²) in [6.45, 7) is 3.75. The first kappa shape index (κ1) is 30.2. The van der Waals surface area contributed by atoms with E-state index in [1.807, 2.05) is 19.1 Å². The number of urea groups is 1. The van der Waals surface area contributed by atoms with Gasteiger partial charge in [0.15, 0.2) is 18.1 Å². The minimum Gasteiger partial charge on any atom is -0.490 e. The van der Waals surface area contributed by atoms with Crippen molar-refractivity contribution in [3.05, 3.63) is 118 Å². The molecule has 222 valence electrons. The van der Waals surface area contributed by atoms with Crippen molar-refractivity contribution in [2.45, 2.75) is 13.8 Å². The molecule has 0 aliphatic carbocycles. The van der Waals surface area contributed by atoms with Gasteiger partial charge in [-0.25, -0.2) is 14.6 Å². The van der Waals surface area contributed by atoms with Crippen LogP contribution in [0.3, 0.4) is 0 Å². The third-order valence-corrected chi connectivity index (χ3v) is 7.19. The highest BCUT2D eigenvalue weighted by Gasteiger charge is 2.43. The fourth-order valence-corrected chi connectivity index (χ4v) is 5.13. The van der Waals surface area contributed by atoms with Gasteiger partial charge in [-0.05, 0) is 89.9 Å². The van der Waals surface area contributed by atoms with E-state index >= 15 is 0 Å². The zero-order valence-electron chi connectivity index (χ0n) is 24.0. The number of rotatable bonds is 9. The number of amides is 5. The van der Waals surface area contributed by atoms with Crippen molar-refractivity contribution in [1.82, 2.24) is 0 Å². The van der Waals surface area contributed by atoms with E-state index < -0.39 is 17.8 Å². The standard InChI is InChI=1S/C34H28BrN3O6/c1-3-43-29-20-23(19-28(35)31(29)44-21-30(39)36-24-16-14-22(2)15-17-24)18-27-32(40)37(25-10-6-4-7-11-25)34(42)38(33(27)41)26-12-8-5-9-13-26/h4-20H,3,21H2,1-2H3,(H,36,39). The van der Waals surface area contributed by atoms with Crippen molar-refractivity contribution >= 4 is 62.8 Å². The Kier molecular flexibility index (Phi) is 9.20. The molecule has 1 N–H and O–H groups in total. The monoisotopic (exact) mass is 653 g/mol. The number of hydrogen-bond acceptors (Lipinski definition) is 6. The summed E-state index contributed by atoms with van der Waals surface area (Å²) in [7, 11) is 0. The second kappa shape index (κ2) is 13.4. The van der Waals surface area contributed by atoms with Crippen molar-refractivity contribution in [2.24, 2.45) is 0 Å². The highest BCUT2D eigenvalue weighted by Crippen LogP contribution is 2.38. The van der Waals surface area contributed by atoms with Gasteiger partial charge in [-0.2, -0.15) is 0 Å². The second-order valence-electron chi connectivity index (χ2n) is 9.76. The number of nitrogens with one attached hydrogen (secondary N) is 1. The fraction of sp³-hybridized carbons (Fsp3) is 0.118. The van der Waals surface area contributed by atoms with Gasteiger partial charge in [0.05, 0.1) is 22.5 Å². The summed E-state index contributed by atoms with van der Waals surface area (Å²) in [5.41, 5.74) is 2.58. The second-order valence-corrected chi connectivity index (χ2v) is 10.6. The van der Waals surface area contributed by atoms with Gasteiger partial charge in [0.1, 0.15) is 5.57 Å². The topological polar surface area (TPSA) is 105 Å². The highest BCUT2D eigenvalue weighted by molar-refractivity contribution is 9.10. The number of halogens is 1. The maximum absolute atomic E-state index is 13.7. The fourth-order valence-electron chi connectivity index (χ4n) is 4.55. The molecule has 0 atom stereocenters. The summed E-state index contributed by atoms with van der Waals surface area (Å²) >= 11 is 3.48. The molecular formula is C34H28BrN3O6. The van der Waals surface area contributed by atoms with Gasteiger partial charge in [-0.3, -0.25) is 14.4 Å². The summed E-state index contributed by atoms with van der Waals surface area (Å²) in [6, 6.07) is 26.7. The molecule has 0 saturated carbocycles. The van der Waals surface area contributed by atoms with Gasteiger partial charge in [-0.1, -0.05) is 54.1 Å². The SMILES string of the molecule is CCOc1cc(C=C2C(=O)N(c3ccccc3)C(=O)N(c3ccccc3)C2=O)cc(Br)c1OCC(=O)Nc1ccc(C)cc1. The Morgan fingerprint density at radius 1 is 0.818 bits per heavy atom. The minimum absolute atomic E-state index is 0.224. The lowest BCUT2D eigenvalue weighted by molar-refractivity contribution is -0.121. The maximum Gasteiger partial charge on any atom is 0.343 e. The van der Waals surface area contributed by atoms with Crippen LogP contribution in [-0.4, -0.2) is 37.0 Å². The molecule has 1 aliphatic heterocycles. The van der Waals surface area contributed by atoms with Crippen LogP contribution in [0.2, 0.25) is 0 Å². The van der Waals surface area contributed by atoms with Gasteiger partial charge in [0.25, 0.3) is 17.7 Å². The number of para-hydroxylation sites is 2. The average molecular weight is 655 g/mol. The van der Waals surface area contributed by atoms with Crippen molar-refractivity contribution in [2.75, 3.05) is 28.3 Å². The van der Waals surface area contributed by atoms with Gasteiger partial charge in [0.2, 0.25) is 0 Å². The van der Waals surface area contributed by atoms with Crippen LogP contribution >= 0.6 is 15.9 Å². The van der Waals surface area contributed by atoms with E-state index in [4.69, 9.17) is 9.47 Å². The quantitative estimate of drug-likeness (QED) is 0.158. The molecule has 5 rings (SSSR count). The van der Waals surface area contributed by atoms with E-state index in [1.54, 1.807) is 91.9 Å². The molecule has 4 aromatic rings. The average Bonchev–Trinajstić information content (AvgIpc) is 3.01. The molecule has 1 saturated heterocycles. The minimum atomic E-state index is -0.779. The van der Waals surface area contributed by atoms with Crippen LogP contribution in [0.15, 0.2) is 107 Å². The Morgan fingerprint density at radius 2 is 1.39 bits per heavy atom. The summed E-state index contributed by atoms with van der Waals surface area (Å²) in [4.78, 5) is 55.5. The van der Waals surface area contributed by atoms with Crippen LogP contribution in [0.4, 0.5) is 21.9 Å². The van der Waals surface area contributed by atoms with Crippen LogP contribution in [-0.2, 0) is 14.4 Å². The number of nitrogens with zero attached hydrogens (tertiary/aromatic N) is 2. The summed E-state index contributed by atoms with van der Waals surface area (Å²) in [5, 5.41) is 2.78. The number of carbonyl (C=O) groups excluding carboxylic acids is 4. The number of carbonyl (C=O) groups is 4. The van der Waals surface area contributed by atoms with E-state index in [0.717, 1.165) is 15.4 Å². The van der Waals surface area contributed by atoms with Crippen LogP contribution < -0.4 is 24.6 Å². The number of benzene rings is 4. The van der Waals surface area contributed by atoms with Crippen LogP contribution in [0.25, 0.3) is 6.08 Å². The lowest BCUT2D eigenvalue weighted by Gasteiger charge is -2.34. The molecule has 0 bridgehead atoms. The summed E-state index contributed by atoms with van der Waals surface area (Å²) in [6.07, 6.45) is 1.41. The normalized spacial score (nSPS) is 13.2. The number of hydrogen-bond donors (Lipinski definition) is 1. The largest absolute Gasteiger partial charge is 0.490 e. The Bertz CT molecular complexity index is 1680. The number of imide groups is 2. The Balaban J connectivity index is 1.47. The van der Waals surface area contributed by atoms with Crippen LogP contribution in [0.1, 0.15) is 18.1 Å². The van der Waals surface area contributed by atoms with E-state index in [-0.39, 0.29) is 30.4 Å². The van der Waals surface area contributed by atoms with E-state index in [0.29, 0.717) is 32.8 Å². The van der Waals surface area contributed by atoms with Gasteiger partial charge < -0.3 is 14.8 Å². The first-order valence-corrected chi connectivity index (χ1v) is 14.6. The maximum atomic E-state index is 13.7. The molecule has 0 radical (unpaired) electrons. The Hall–Kier alpha value is -5.22. The third kappa shape index (κ3) is 6.55. The van der Waals surface area contributed by atoms with Crippen molar-refractivity contribution in [3.63, 3.8) is 0 Å². The Labute approximate surface area is 262 Å². The lowest BCUT2D eigenvalue weighted by atomic mass is 10.0. The highest BCUT2D eigenvalue weighted by atomic mass is 79.9. The van der Waals surface area contributed by atoms with E-state index in [1.165, 1.54) is 6.08 Å². The molecule has 0 unspecified atom stereocenters. The molecule has 10 heteroatoms. The number of anilines is 3. The smallest absolute Gasteiger partial charge is 0.343 e. The van der Waals surface area contributed by atoms with Gasteiger partial charge in [-0.15, -0.1) is 0 Å². The molecule has 0 spiro atoms.